The summed E-state index contributed by atoms with van der Waals surface area (Å²) in [5.74, 6) is -1.20. The zero-order valence-corrected chi connectivity index (χ0v) is 9.21. The number of anilines is 1. The number of aliphatic hydroxyl groups excluding tert-OH is 2. The van der Waals surface area contributed by atoms with E-state index in [0.29, 0.717) is 0 Å². The number of aliphatic hydroxyl groups is 2. The maximum Gasteiger partial charge on any atom is 0.336 e. The molecule has 0 aromatic heterocycles. The molecule has 0 aliphatic heterocycles. The summed E-state index contributed by atoms with van der Waals surface area (Å²) in [7, 11) is 0. The number of nitrogens with two attached hydrogens (primary N) is 2. The zero-order chi connectivity index (χ0) is 13.0. The summed E-state index contributed by atoms with van der Waals surface area (Å²) < 4.78 is 0. The number of benzene rings is 1. The van der Waals surface area contributed by atoms with Crippen LogP contribution in [0.2, 0.25) is 0 Å². The van der Waals surface area contributed by atoms with Gasteiger partial charge in [0.25, 0.3) is 0 Å². The predicted molar refractivity (Wildman–Crippen MR) is 62.5 cm³/mol. The van der Waals surface area contributed by atoms with Gasteiger partial charge in [-0.3, -0.25) is 0 Å². The number of hydrogen-bond acceptors (Lipinski definition) is 5. The van der Waals surface area contributed by atoms with Crippen LogP contribution >= 0.6 is 0 Å². The first kappa shape index (κ1) is 13.4. The fourth-order valence-corrected chi connectivity index (χ4v) is 1.55. The van der Waals surface area contributed by atoms with Gasteiger partial charge in [-0.05, 0) is 30.7 Å². The van der Waals surface area contributed by atoms with Gasteiger partial charge in [0.1, 0.15) is 6.10 Å². The van der Waals surface area contributed by atoms with Crippen LogP contribution in [-0.2, 0) is 0 Å². The van der Waals surface area contributed by atoms with Crippen molar-refractivity contribution in [2.24, 2.45) is 5.73 Å². The van der Waals surface area contributed by atoms with Crippen molar-refractivity contribution >= 4 is 11.7 Å². The minimum atomic E-state index is -1.29. The Labute approximate surface area is 98.5 Å². The molecule has 1 aromatic rings. The van der Waals surface area contributed by atoms with Crippen LogP contribution in [0, 0.1) is 0 Å². The van der Waals surface area contributed by atoms with Gasteiger partial charge in [-0.1, -0.05) is 6.07 Å². The van der Waals surface area contributed by atoms with Crippen molar-refractivity contribution in [3.05, 3.63) is 29.3 Å². The molecule has 0 radical (unpaired) electrons. The molecular formula is C11H16N2O4. The molecule has 94 valence electrons. The van der Waals surface area contributed by atoms with Crippen LogP contribution in [0.15, 0.2) is 18.2 Å². The molecule has 0 heterocycles. The second-order valence-electron chi connectivity index (χ2n) is 3.74. The monoisotopic (exact) mass is 240 g/mol. The summed E-state index contributed by atoms with van der Waals surface area (Å²) in [5.41, 5.74) is 11.0. The van der Waals surface area contributed by atoms with Crippen LogP contribution in [0.5, 0.6) is 0 Å². The maximum atomic E-state index is 11.0. The lowest BCUT2D eigenvalue weighted by Crippen LogP contribution is -2.23. The largest absolute Gasteiger partial charge is 0.478 e. The Kier molecular flexibility index (Phi) is 4.45. The lowest BCUT2D eigenvalue weighted by Gasteiger charge is -2.19. The number of carbonyl (C=O) groups is 1. The maximum absolute atomic E-state index is 11.0. The van der Waals surface area contributed by atoms with Gasteiger partial charge in [0.15, 0.2) is 0 Å². The highest BCUT2D eigenvalue weighted by atomic mass is 16.4. The fraction of sp³-hybridized carbons (Fsp3) is 0.364. The van der Waals surface area contributed by atoms with Gasteiger partial charge in [0.2, 0.25) is 0 Å². The van der Waals surface area contributed by atoms with E-state index in [9.17, 15) is 15.0 Å². The molecular weight excluding hydrogens is 224 g/mol. The molecule has 7 N–H and O–H groups in total. The van der Waals surface area contributed by atoms with Crippen LogP contribution in [-0.4, -0.2) is 33.9 Å². The SMILES string of the molecule is NCCC(O)C(O)c1ccc(N)cc1C(=O)O. The van der Waals surface area contributed by atoms with Crippen LogP contribution in [0.1, 0.15) is 28.4 Å². The Hall–Kier alpha value is -1.63. The van der Waals surface area contributed by atoms with E-state index in [2.05, 4.69) is 0 Å². The third kappa shape index (κ3) is 3.16. The Morgan fingerprint density at radius 3 is 2.53 bits per heavy atom. The minimum absolute atomic E-state index is 0.117. The summed E-state index contributed by atoms with van der Waals surface area (Å²) in [4.78, 5) is 11.0. The van der Waals surface area contributed by atoms with Crippen LogP contribution in [0.3, 0.4) is 0 Å². The lowest BCUT2D eigenvalue weighted by molar-refractivity contribution is 0.0141. The van der Waals surface area contributed by atoms with Gasteiger partial charge in [-0.15, -0.1) is 0 Å². The molecule has 0 aliphatic rings. The smallest absolute Gasteiger partial charge is 0.336 e. The van der Waals surface area contributed by atoms with E-state index in [1.807, 2.05) is 0 Å². The molecule has 6 heteroatoms. The van der Waals surface area contributed by atoms with E-state index in [1.54, 1.807) is 0 Å². The molecule has 1 rings (SSSR count). The molecule has 0 bridgehead atoms. The van der Waals surface area contributed by atoms with E-state index < -0.39 is 18.2 Å². The zero-order valence-electron chi connectivity index (χ0n) is 9.21. The molecule has 0 aliphatic carbocycles. The van der Waals surface area contributed by atoms with Crippen molar-refractivity contribution in [1.29, 1.82) is 0 Å². The quantitative estimate of drug-likeness (QED) is 0.450. The van der Waals surface area contributed by atoms with Gasteiger partial charge in [0, 0.05) is 5.69 Å². The summed E-state index contributed by atoms with van der Waals surface area (Å²) in [6, 6.07) is 4.11. The molecule has 2 atom stereocenters. The average Bonchev–Trinajstić information content (AvgIpc) is 2.28. The van der Waals surface area contributed by atoms with Crippen molar-refractivity contribution in [3.8, 4) is 0 Å². The molecule has 6 nitrogen and oxygen atoms in total. The Morgan fingerprint density at radius 1 is 1.35 bits per heavy atom. The van der Waals surface area contributed by atoms with Crippen LogP contribution in [0.25, 0.3) is 0 Å². The Morgan fingerprint density at radius 2 is 2.00 bits per heavy atom. The highest BCUT2D eigenvalue weighted by Gasteiger charge is 2.23. The topological polar surface area (TPSA) is 130 Å². The molecule has 2 unspecified atom stereocenters. The van der Waals surface area contributed by atoms with E-state index in [0.717, 1.165) is 0 Å². The molecule has 0 amide bonds. The summed E-state index contributed by atoms with van der Waals surface area (Å²) in [5, 5.41) is 28.4. The molecule has 17 heavy (non-hydrogen) atoms. The second kappa shape index (κ2) is 5.62. The normalized spacial score (nSPS) is 14.3. The van der Waals surface area contributed by atoms with Crippen molar-refractivity contribution in [2.45, 2.75) is 18.6 Å². The number of nitrogen functional groups attached to an aromatic ring is 1. The average molecular weight is 240 g/mol. The van der Waals surface area contributed by atoms with Crippen LogP contribution in [0.4, 0.5) is 5.69 Å². The van der Waals surface area contributed by atoms with E-state index >= 15 is 0 Å². The third-order valence-corrected chi connectivity index (χ3v) is 2.45. The van der Waals surface area contributed by atoms with Gasteiger partial charge in [-0.2, -0.15) is 0 Å². The van der Waals surface area contributed by atoms with Gasteiger partial charge >= 0.3 is 5.97 Å². The highest BCUT2D eigenvalue weighted by molar-refractivity contribution is 5.90. The summed E-state index contributed by atoms with van der Waals surface area (Å²) >= 11 is 0. The first-order chi connectivity index (χ1) is 7.97. The van der Waals surface area contributed by atoms with Crippen molar-refractivity contribution in [2.75, 3.05) is 12.3 Å². The van der Waals surface area contributed by atoms with Crippen molar-refractivity contribution in [3.63, 3.8) is 0 Å². The minimum Gasteiger partial charge on any atom is -0.478 e. The van der Waals surface area contributed by atoms with E-state index in [4.69, 9.17) is 16.6 Å². The lowest BCUT2D eigenvalue weighted by atomic mass is 9.96. The summed E-state index contributed by atoms with van der Waals surface area (Å²) in [6.45, 7) is 0.204. The number of carboxylic acid groups (broad SMARTS) is 1. The first-order valence-electron chi connectivity index (χ1n) is 5.16. The van der Waals surface area contributed by atoms with Crippen molar-refractivity contribution < 1.29 is 20.1 Å². The standard InChI is InChI=1S/C11H16N2O4/c12-4-3-9(14)10(15)7-2-1-6(13)5-8(7)11(16)17/h1-2,5,9-10,14-15H,3-4,12-13H2,(H,16,17). The number of aromatic carboxylic acids is 1. The van der Waals surface area contributed by atoms with E-state index in [-0.39, 0.29) is 29.8 Å². The van der Waals surface area contributed by atoms with Crippen LogP contribution < -0.4 is 11.5 Å². The number of hydrogen-bond donors (Lipinski definition) is 5. The molecule has 0 saturated carbocycles. The molecule has 0 fully saturated rings. The van der Waals surface area contributed by atoms with Gasteiger partial charge < -0.3 is 26.8 Å². The molecule has 1 aromatic carbocycles. The number of rotatable bonds is 5. The highest BCUT2D eigenvalue weighted by Crippen LogP contribution is 2.24. The summed E-state index contributed by atoms with van der Waals surface area (Å²) in [6.07, 6.45) is -2.20. The third-order valence-electron chi connectivity index (χ3n) is 2.45. The Balaban J connectivity index is 3.08. The predicted octanol–water partition coefficient (Wildman–Crippen LogP) is -0.290. The molecule has 0 saturated heterocycles. The van der Waals surface area contributed by atoms with Crippen molar-refractivity contribution in [1.82, 2.24) is 0 Å². The fourth-order valence-electron chi connectivity index (χ4n) is 1.55. The number of carboxylic acids is 1. The molecule has 0 spiro atoms. The first-order valence-corrected chi connectivity index (χ1v) is 5.16. The Bertz CT molecular complexity index is 408. The van der Waals surface area contributed by atoms with E-state index in [1.165, 1.54) is 18.2 Å². The second-order valence-corrected chi connectivity index (χ2v) is 3.74. The van der Waals surface area contributed by atoms with Gasteiger partial charge in [-0.25, -0.2) is 4.79 Å². The van der Waals surface area contributed by atoms with Gasteiger partial charge in [0.05, 0.1) is 11.7 Å².